The molecule has 1 atom stereocenters. The molecule has 0 bridgehead atoms. The third-order valence-electron chi connectivity index (χ3n) is 5.66. The molecule has 1 aliphatic rings. The third kappa shape index (κ3) is 8.97. The lowest BCUT2D eigenvalue weighted by Crippen LogP contribution is -2.43. The molecule has 6 heteroatoms. The normalized spacial score (nSPS) is 16.7. The second-order valence-electron chi connectivity index (χ2n) is 8.15. The summed E-state index contributed by atoms with van der Waals surface area (Å²) >= 11 is 1.64. The van der Waals surface area contributed by atoms with Crippen LogP contribution in [0.4, 0.5) is 5.69 Å². The molecule has 1 aliphatic heterocycles. The number of hydrogen-bond donors (Lipinski definition) is 1. The van der Waals surface area contributed by atoms with Crippen molar-refractivity contribution in [3.8, 4) is 0 Å². The molecule has 0 radical (unpaired) electrons. The van der Waals surface area contributed by atoms with Crippen LogP contribution in [0.3, 0.4) is 0 Å². The number of nitrogen functional groups attached to an aromatic ring is 1. The summed E-state index contributed by atoms with van der Waals surface area (Å²) in [5.74, 6) is 1.10. The van der Waals surface area contributed by atoms with E-state index in [9.17, 15) is 4.79 Å². The molecule has 0 amide bonds. The van der Waals surface area contributed by atoms with Gasteiger partial charge in [0.15, 0.2) is 0 Å². The zero-order chi connectivity index (χ0) is 21.1. The lowest BCUT2D eigenvalue weighted by molar-refractivity contribution is -0.144. The van der Waals surface area contributed by atoms with Gasteiger partial charge in [-0.2, -0.15) is 0 Å². The minimum atomic E-state index is -0.0993. The lowest BCUT2D eigenvalue weighted by atomic mass is 10.0. The van der Waals surface area contributed by atoms with Crippen LogP contribution in [0.25, 0.3) is 0 Å². The Labute approximate surface area is 181 Å². The minimum absolute atomic E-state index is 0.0993. The number of nitrogens with zero attached hydrogens (tertiary/aromatic N) is 2. The van der Waals surface area contributed by atoms with Gasteiger partial charge >= 0.3 is 5.97 Å². The SMILES string of the molecule is CCCCC(CC)COC(=O)CCSc1ccc(CN2CCN(C)CC2)cc1N. The lowest BCUT2D eigenvalue weighted by Gasteiger charge is -2.32. The summed E-state index contributed by atoms with van der Waals surface area (Å²) in [6.07, 6.45) is 5.04. The molecule has 0 aromatic heterocycles. The van der Waals surface area contributed by atoms with Gasteiger partial charge in [-0.1, -0.05) is 39.2 Å². The van der Waals surface area contributed by atoms with Gasteiger partial charge in [0.05, 0.1) is 13.0 Å². The second-order valence-corrected chi connectivity index (χ2v) is 9.29. The fourth-order valence-corrected chi connectivity index (χ4v) is 4.40. The Balaban J connectivity index is 1.70. The second kappa shape index (κ2) is 13.1. The smallest absolute Gasteiger partial charge is 0.306 e. The van der Waals surface area contributed by atoms with Crippen LogP contribution in [0.5, 0.6) is 0 Å². The van der Waals surface area contributed by atoms with E-state index in [1.54, 1.807) is 11.8 Å². The number of esters is 1. The number of piperazine rings is 1. The molecular weight excluding hydrogens is 382 g/mol. The number of anilines is 1. The van der Waals surface area contributed by atoms with Gasteiger partial charge in [-0.25, -0.2) is 0 Å². The first-order valence-corrected chi connectivity index (χ1v) is 12.1. The summed E-state index contributed by atoms with van der Waals surface area (Å²) in [7, 11) is 2.17. The van der Waals surface area contributed by atoms with Gasteiger partial charge in [0.1, 0.15) is 0 Å². The van der Waals surface area contributed by atoms with Crippen LogP contribution in [0.1, 0.15) is 51.5 Å². The molecule has 164 valence electrons. The summed E-state index contributed by atoms with van der Waals surface area (Å²) in [6, 6.07) is 6.34. The summed E-state index contributed by atoms with van der Waals surface area (Å²) in [6.45, 7) is 10.3. The number of ether oxygens (including phenoxy) is 1. The number of unbranched alkanes of at least 4 members (excludes halogenated alkanes) is 1. The molecule has 1 aromatic rings. The van der Waals surface area contributed by atoms with Crippen LogP contribution in [-0.2, 0) is 16.1 Å². The number of rotatable bonds is 12. The summed E-state index contributed by atoms with van der Waals surface area (Å²) in [4.78, 5) is 17.9. The molecule has 5 nitrogen and oxygen atoms in total. The molecule has 1 saturated heterocycles. The fraction of sp³-hybridized carbons (Fsp3) is 0.696. The Bertz CT molecular complexity index is 618. The maximum atomic E-state index is 12.0. The molecule has 2 N–H and O–H groups in total. The molecular formula is C23H39N3O2S. The number of carbonyl (C=O) groups excluding carboxylic acids is 1. The summed E-state index contributed by atoms with van der Waals surface area (Å²) in [5, 5.41) is 0. The van der Waals surface area contributed by atoms with E-state index in [0.29, 0.717) is 24.7 Å². The van der Waals surface area contributed by atoms with Crippen LogP contribution in [0.2, 0.25) is 0 Å². The molecule has 1 aromatic carbocycles. The average molecular weight is 422 g/mol. The Kier molecular flexibility index (Phi) is 10.9. The van der Waals surface area contributed by atoms with Crippen molar-refractivity contribution >= 4 is 23.4 Å². The number of benzene rings is 1. The predicted octanol–water partition coefficient (Wildman–Crippen LogP) is 4.26. The van der Waals surface area contributed by atoms with E-state index in [0.717, 1.165) is 56.1 Å². The van der Waals surface area contributed by atoms with Crippen molar-refractivity contribution in [2.75, 3.05) is 51.3 Å². The fourth-order valence-electron chi connectivity index (χ4n) is 3.52. The molecule has 1 fully saturated rings. The molecule has 2 rings (SSSR count). The molecule has 1 unspecified atom stereocenters. The van der Waals surface area contributed by atoms with Gasteiger partial charge < -0.3 is 15.4 Å². The standard InChI is InChI=1S/C23H39N3O2S/c1-4-6-7-19(5-2)18-28-23(27)10-15-29-22-9-8-20(16-21(22)24)17-26-13-11-25(3)12-14-26/h8-9,16,19H,4-7,10-15,17-18,24H2,1-3H3. The van der Waals surface area contributed by atoms with E-state index in [1.807, 2.05) is 0 Å². The van der Waals surface area contributed by atoms with Crippen molar-refractivity contribution in [1.29, 1.82) is 0 Å². The van der Waals surface area contributed by atoms with E-state index in [-0.39, 0.29) is 5.97 Å². The largest absolute Gasteiger partial charge is 0.465 e. The van der Waals surface area contributed by atoms with Gasteiger partial charge in [-0.3, -0.25) is 9.69 Å². The van der Waals surface area contributed by atoms with Crippen molar-refractivity contribution in [3.63, 3.8) is 0 Å². The number of hydrogen-bond acceptors (Lipinski definition) is 6. The number of carbonyl (C=O) groups is 1. The monoisotopic (exact) mass is 421 g/mol. The topological polar surface area (TPSA) is 58.8 Å². The quantitative estimate of drug-likeness (QED) is 0.309. The van der Waals surface area contributed by atoms with Gasteiger partial charge in [-0.05, 0) is 37.1 Å². The molecule has 1 heterocycles. The summed E-state index contributed by atoms with van der Waals surface area (Å²) in [5.41, 5.74) is 8.33. The van der Waals surface area contributed by atoms with Gasteiger partial charge in [-0.15, -0.1) is 11.8 Å². The van der Waals surface area contributed by atoms with Crippen molar-refractivity contribution in [2.45, 2.75) is 57.4 Å². The minimum Gasteiger partial charge on any atom is -0.465 e. The van der Waals surface area contributed by atoms with Crippen molar-refractivity contribution in [3.05, 3.63) is 23.8 Å². The number of thioether (sulfide) groups is 1. The highest BCUT2D eigenvalue weighted by Crippen LogP contribution is 2.27. The van der Waals surface area contributed by atoms with Crippen LogP contribution >= 0.6 is 11.8 Å². The van der Waals surface area contributed by atoms with Gasteiger partial charge in [0, 0.05) is 49.1 Å². The van der Waals surface area contributed by atoms with E-state index >= 15 is 0 Å². The van der Waals surface area contributed by atoms with E-state index < -0.39 is 0 Å². The number of likely N-dealkylation sites (N-methyl/N-ethyl adjacent to an activating group) is 1. The van der Waals surface area contributed by atoms with Crippen LogP contribution in [0, 0.1) is 5.92 Å². The van der Waals surface area contributed by atoms with E-state index in [4.69, 9.17) is 10.5 Å². The average Bonchev–Trinajstić information content (AvgIpc) is 2.71. The van der Waals surface area contributed by atoms with Crippen molar-refractivity contribution < 1.29 is 9.53 Å². The molecule has 0 spiro atoms. The Morgan fingerprint density at radius 1 is 1.24 bits per heavy atom. The van der Waals surface area contributed by atoms with Gasteiger partial charge in [0.25, 0.3) is 0 Å². The highest BCUT2D eigenvalue weighted by Gasteiger charge is 2.15. The van der Waals surface area contributed by atoms with E-state index in [1.165, 1.54) is 18.4 Å². The first-order valence-electron chi connectivity index (χ1n) is 11.1. The van der Waals surface area contributed by atoms with Crippen molar-refractivity contribution in [1.82, 2.24) is 9.80 Å². The van der Waals surface area contributed by atoms with Crippen LogP contribution in [0.15, 0.2) is 23.1 Å². The zero-order valence-corrected chi connectivity index (χ0v) is 19.3. The first kappa shape index (κ1) is 24.0. The predicted molar refractivity (Wildman–Crippen MR) is 123 cm³/mol. The van der Waals surface area contributed by atoms with Crippen molar-refractivity contribution in [2.24, 2.45) is 5.92 Å². The van der Waals surface area contributed by atoms with Crippen LogP contribution in [-0.4, -0.2) is 61.4 Å². The van der Waals surface area contributed by atoms with Crippen LogP contribution < -0.4 is 5.73 Å². The molecule has 0 aliphatic carbocycles. The first-order chi connectivity index (χ1) is 14.0. The van der Waals surface area contributed by atoms with E-state index in [2.05, 4.69) is 48.9 Å². The Morgan fingerprint density at radius 3 is 2.66 bits per heavy atom. The maximum absolute atomic E-state index is 12.0. The maximum Gasteiger partial charge on any atom is 0.306 e. The van der Waals surface area contributed by atoms with Gasteiger partial charge in [0.2, 0.25) is 0 Å². The Morgan fingerprint density at radius 2 is 2.00 bits per heavy atom. The number of nitrogens with two attached hydrogens (primary N) is 1. The highest BCUT2D eigenvalue weighted by molar-refractivity contribution is 7.99. The zero-order valence-electron chi connectivity index (χ0n) is 18.5. The third-order valence-corrected chi connectivity index (χ3v) is 6.75. The molecule has 29 heavy (non-hydrogen) atoms. The molecule has 0 saturated carbocycles. The summed E-state index contributed by atoms with van der Waals surface area (Å²) < 4.78 is 5.48. The highest BCUT2D eigenvalue weighted by atomic mass is 32.2. The Hall–Kier alpha value is -1.24.